The lowest BCUT2D eigenvalue weighted by molar-refractivity contribution is 0.102. The van der Waals surface area contributed by atoms with Crippen molar-refractivity contribution in [3.8, 4) is 0 Å². The second kappa shape index (κ2) is 7.42. The van der Waals surface area contributed by atoms with Crippen molar-refractivity contribution >= 4 is 29.0 Å². The fraction of sp³-hybridized carbons (Fsp3) is 0.368. The van der Waals surface area contributed by atoms with Crippen LogP contribution in [0.5, 0.6) is 0 Å². The summed E-state index contributed by atoms with van der Waals surface area (Å²) < 4.78 is 0. The smallest absolute Gasteiger partial charge is 0.255 e. The average Bonchev–Trinajstić information content (AvgIpc) is 2.58. The number of carbonyl (C=O) groups excluding carboxylic acids is 1. The van der Waals surface area contributed by atoms with Crippen LogP contribution < -0.4 is 10.2 Å². The van der Waals surface area contributed by atoms with E-state index in [4.69, 9.17) is 11.6 Å². The SMILES string of the molecule is Cc1cc(C)c(NC(=O)c2ccnc(N3CCN(C)CC3)c2)c(Cl)c1. The van der Waals surface area contributed by atoms with Gasteiger partial charge >= 0.3 is 0 Å². The normalized spacial score (nSPS) is 15.3. The van der Waals surface area contributed by atoms with Crippen molar-refractivity contribution in [3.63, 3.8) is 0 Å². The molecule has 132 valence electrons. The molecule has 6 heteroatoms. The van der Waals surface area contributed by atoms with Crippen LogP contribution in [0.4, 0.5) is 11.5 Å². The van der Waals surface area contributed by atoms with Gasteiger partial charge in [-0.05, 0) is 50.2 Å². The fourth-order valence-electron chi connectivity index (χ4n) is 3.03. The largest absolute Gasteiger partial charge is 0.354 e. The second-order valence-corrected chi connectivity index (χ2v) is 6.99. The van der Waals surface area contributed by atoms with E-state index >= 15 is 0 Å². The van der Waals surface area contributed by atoms with Crippen LogP contribution in [0.15, 0.2) is 30.5 Å². The molecule has 0 saturated carbocycles. The van der Waals surface area contributed by atoms with Gasteiger partial charge in [-0.15, -0.1) is 0 Å². The Morgan fingerprint density at radius 2 is 1.88 bits per heavy atom. The number of likely N-dealkylation sites (N-methyl/N-ethyl adjacent to an activating group) is 1. The highest BCUT2D eigenvalue weighted by Gasteiger charge is 2.17. The summed E-state index contributed by atoms with van der Waals surface area (Å²) >= 11 is 6.29. The van der Waals surface area contributed by atoms with Crippen molar-refractivity contribution in [2.75, 3.05) is 43.4 Å². The average molecular weight is 359 g/mol. The minimum atomic E-state index is -0.174. The lowest BCUT2D eigenvalue weighted by atomic mass is 10.1. The van der Waals surface area contributed by atoms with Gasteiger partial charge in [0.15, 0.2) is 0 Å². The Morgan fingerprint density at radius 3 is 2.56 bits per heavy atom. The Balaban J connectivity index is 1.78. The molecule has 5 nitrogen and oxygen atoms in total. The van der Waals surface area contributed by atoms with Gasteiger partial charge in [-0.3, -0.25) is 4.79 Å². The van der Waals surface area contributed by atoms with Gasteiger partial charge in [-0.2, -0.15) is 0 Å². The molecule has 1 amide bonds. The number of benzene rings is 1. The van der Waals surface area contributed by atoms with Gasteiger partial charge in [0.2, 0.25) is 0 Å². The zero-order valence-corrected chi connectivity index (χ0v) is 15.6. The van der Waals surface area contributed by atoms with E-state index in [0.717, 1.165) is 43.1 Å². The van der Waals surface area contributed by atoms with Crippen molar-refractivity contribution < 1.29 is 4.79 Å². The summed E-state index contributed by atoms with van der Waals surface area (Å²) in [6.07, 6.45) is 1.69. The molecule has 0 atom stereocenters. The maximum absolute atomic E-state index is 12.7. The quantitative estimate of drug-likeness (QED) is 0.914. The van der Waals surface area contributed by atoms with Gasteiger partial charge in [0.05, 0.1) is 10.7 Å². The number of nitrogens with one attached hydrogen (secondary N) is 1. The number of aryl methyl sites for hydroxylation is 2. The Bertz CT molecular complexity index is 762. The molecule has 1 N–H and O–H groups in total. The lowest BCUT2D eigenvalue weighted by Gasteiger charge is -2.33. The summed E-state index contributed by atoms with van der Waals surface area (Å²) in [7, 11) is 2.11. The molecule has 0 bridgehead atoms. The summed E-state index contributed by atoms with van der Waals surface area (Å²) in [5.41, 5.74) is 3.27. The van der Waals surface area contributed by atoms with Crippen LogP contribution in [0.3, 0.4) is 0 Å². The van der Waals surface area contributed by atoms with Gasteiger partial charge in [0, 0.05) is 37.9 Å². The maximum atomic E-state index is 12.7. The Morgan fingerprint density at radius 1 is 1.16 bits per heavy atom. The Hall–Kier alpha value is -2.11. The number of anilines is 2. The third-order valence-electron chi connectivity index (χ3n) is 4.51. The van der Waals surface area contributed by atoms with Crippen molar-refractivity contribution in [3.05, 3.63) is 52.2 Å². The van der Waals surface area contributed by atoms with Crippen LogP contribution in [0.25, 0.3) is 0 Å². The van der Waals surface area contributed by atoms with E-state index in [-0.39, 0.29) is 5.91 Å². The number of halogens is 1. The van der Waals surface area contributed by atoms with Gasteiger partial charge in [-0.25, -0.2) is 4.98 Å². The number of nitrogens with zero attached hydrogens (tertiary/aromatic N) is 3. The van der Waals surface area contributed by atoms with E-state index in [1.165, 1.54) is 0 Å². The molecular formula is C19H23ClN4O. The predicted octanol–water partition coefficient (Wildman–Crippen LogP) is 3.36. The fourth-order valence-corrected chi connectivity index (χ4v) is 3.40. The number of carbonyl (C=O) groups is 1. The van der Waals surface area contributed by atoms with Crippen molar-refractivity contribution in [2.24, 2.45) is 0 Å². The first-order valence-electron chi connectivity index (χ1n) is 8.41. The zero-order valence-electron chi connectivity index (χ0n) is 14.8. The number of pyridine rings is 1. The van der Waals surface area contributed by atoms with Gasteiger partial charge in [0.25, 0.3) is 5.91 Å². The van der Waals surface area contributed by atoms with E-state index in [9.17, 15) is 4.79 Å². The molecule has 0 spiro atoms. The van der Waals surface area contributed by atoms with Crippen molar-refractivity contribution in [1.82, 2.24) is 9.88 Å². The number of rotatable bonds is 3. The summed E-state index contributed by atoms with van der Waals surface area (Å²) in [4.78, 5) is 21.6. The van der Waals surface area contributed by atoms with Crippen LogP contribution in [-0.2, 0) is 0 Å². The highest BCUT2D eigenvalue weighted by molar-refractivity contribution is 6.34. The van der Waals surface area contributed by atoms with Crippen LogP contribution >= 0.6 is 11.6 Å². The summed E-state index contributed by atoms with van der Waals surface area (Å²) in [6, 6.07) is 7.43. The molecule has 1 fully saturated rings. The number of amides is 1. The molecule has 0 aliphatic carbocycles. The third-order valence-corrected chi connectivity index (χ3v) is 4.80. The molecule has 3 rings (SSSR count). The van der Waals surface area contributed by atoms with Crippen LogP contribution in [0, 0.1) is 13.8 Å². The van der Waals surface area contributed by atoms with E-state index in [2.05, 4.69) is 27.1 Å². The van der Waals surface area contributed by atoms with Crippen LogP contribution in [0.1, 0.15) is 21.5 Å². The van der Waals surface area contributed by atoms with Gasteiger partial charge in [-0.1, -0.05) is 17.7 Å². The number of hydrogen-bond acceptors (Lipinski definition) is 4. The molecule has 0 radical (unpaired) electrons. The first-order valence-corrected chi connectivity index (χ1v) is 8.79. The Labute approximate surface area is 153 Å². The number of aromatic nitrogens is 1. The highest BCUT2D eigenvalue weighted by Crippen LogP contribution is 2.28. The minimum absolute atomic E-state index is 0.174. The molecule has 2 aromatic rings. The van der Waals surface area contributed by atoms with E-state index in [1.807, 2.05) is 32.0 Å². The molecule has 1 aliphatic heterocycles. The molecular weight excluding hydrogens is 336 g/mol. The number of piperazine rings is 1. The van der Waals surface area contributed by atoms with Crippen LogP contribution in [0.2, 0.25) is 5.02 Å². The Kier molecular flexibility index (Phi) is 5.25. The summed E-state index contributed by atoms with van der Waals surface area (Å²) in [5.74, 6) is 0.666. The summed E-state index contributed by atoms with van der Waals surface area (Å²) in [6.45, 7) is 7.74. The molecule has 1 aromatic heterocycles. The maximum Gasteiger partial charge on any atom is 0.255 e. The molecule has 2 heterocycles. The van der Waals surface area contributed by atoms with Crippen molar-refractivity contribution in [1.29, 1.82) is 0 Å². The molecule has 25 heavy (non-hydrogen) atoms. The van der Waals surface area contributed by atoms with E-state index in [0.29, 0.717) is 16.3 Å². The van der Waals surface area contributed by atoms with E-state index < -0.39 is 0 Å². The minimum Gasteiger partial charge on any atom is -0.354 e. The summed E-state index contributed by atoms with van der Waals surface area (Å²) in [5, 5.41) is 3.49. The first-order chi connectivity index (χ1) is 11.9. The van der Waals surface area contributed by atoms with Gasteiger partial charge < -0.3 is 15.1 Å². The molecule has 1 saturated heterocycles. The predicted molar refractivity (Wildman–Crippen MR) is 103 cm³/mol. The molecule has 0 unspecified atom stereocenters. The van der Waals surface area contributed by atoms with E-state index in [1.54, 1.807) is 12.3 Å². The lowest BCUT2D eigenvalue weighted by Crippen LogP contribution is -2.44. The zero-order chi connectivity index (χ0) is 18.0. The van der Waals surface area contributed by atoms with Crippen LogP contribution in [-0.4, -0.2) is 49.0 Å². The van der Waals surface area contributed by atoms with Gasteiger partial charge in [0.1, 0.15) is 5.82 Å². The highest BCUT2D eigenvalue weighted by atomic mass is 35.5. The first kappa shape index (κ1) is 17.7. The topological polar surface area (TPSA) is 48.5 Å². The third kappa shape index (κ3) is 4.11. The standard InChI is InChI=1S/C19H23ClN4O/c1-13-10-14(2)18(16(20)11-13)22-19(25)15-4-5-21-17(12-15)24-8-6-23(3)7-9-24/h4-5,10-12H,6-9H2,1-3H3,(H,22,25). The monoisotopic (exact) mass is 358 g/mol. The molecule has 1 aromatic carbocycles. The van der Waals surface area contributed by atoms with Crippen molar-refractivity contribution in [2.45, 2.75) is 13.8 Å². The second-order valence-electron chi connectivity index (χ2n) is 6.59. The molecule has 1 aliphatic rings. The number of hydrogen-bond donors (Lipinski definition) is 1.